The normalized spacial score (nSPS) is 9.71. The van der Waals surface area contributed by atoms with Gasteiger partial charge in [-0.25, -0.2) is 4.39 Å². The number of carbonyl (C=O) groups is 1. The summed E-state index contributed by atoms with van der Waals surface area (Å²) in [5, 5.41) is 17.2. The SMILES string of the molecule is CC(C)N(CCC#N)C(=O)c1ccc(C#CCO)cc1F. The van der Waals surface area contributed by atoms with Crippen LogP contribution in [0.5, 0.6) is 0 Å². The molecule has 1 N–H and O–H groups in total. The third kappa shape index (κ3) is 4.59. The number of amides is 1. The van der Waals surface area contributed by atoms with E-state index < -0.39 is 11.7 Å². The van der Waals surface area contributed by atoms with Crippen LogP contribution in [0.1, 0.15) is 36.2 Å². The standard InChI is InChI=1S/C16H17FN2O2/c1-12(2)19(9-4-8-18)16(21)14-7-6-13(5-3-10-20)11-15(14)17/h6-7,11-12,20H,4,9-10H2,1-2H3. The fourth-order valence-corrected chi connectivity index (χ4v) is 1.83. The van der Waals surface area contributed by atoms with E-state index in [1.165, 1.54) is 23.1 Å². The molecular formula is C16H17FN2O2. The minimum Gasteiger partial charge on any atom is -0.384 e. The highest BCUT2D eigenvalue weighted by atomic mass is 19.1. The molecule has 4 nitrogen and oxygen atoms in total. The molecule has 0 saturated carbocycles. The van der Waals surface area contributed by atoms with Gasteiger partial charge in [0.15, 0.2) is 0 Å². The van der Waals surface area contributed by atoms with Gasteiger partial charge in [-0.15, -0.1) is 0 Å². The van der Waals surface area contributed by atoms with Crippen molar-refractivity contribution in [2.45, 2.75) is 26.3 Å². The van der Waals surface area contributed by atoms with Crippen LogP contribution in [0, 0.1) is 29.0 Å². The second kappa shape index (κ2) is 8.04. The Bertz CT molecular complexity index is 609. The lowest BCUT2D eigenvalue weighted by atomic mass is 10.1. The first-order valence-electron chi connectivity index (χ1n) is 6.58. The van der Waals surface area contributed by atoms with Crippen LogP contribution in [0.4, 0.5) is 4.39 Å². The lowest BCUT2D eigenvalue weighted by Crippen LogP contribution is -2.38. The smallest absolute Gasteiger partial charge is 0.257 e. The molecule has 21 heavy (non-hydrogen) atoms. The summed E-state index contributed by atoms with van der Waals surface area (Å²) in [5.41, 5.74) is 0.349. The number of benzene rings is 1. The number of hydrogen-bond donors (Lipinski definition) is 1. The van der Waals surface area contributed by atoms with Gasteiger partial charge in [0.1, 0.15) is 12.4 Å². The average molecular weight is 288 g/mol. The molecule has 0 aliphatic carbocycles. The minimum atomic E-state index is -0.660. The Morgan fingerprint density at radius 1 is 1.48 bits per heavy atom. The predicted octanol–water partition coefficient (Wildman–Crippen LogP) is 1.93. The summed E-state index contributed by atoms with van der Waals surface area (Å²) in [5.74, 6) is 3.89. The summed E-state index contributed by atoms with van der Waals surface area (Å²) >= 11 is 0. The van der Waals surface area contributed by atoms with Crippen molar-refractivity contribution in [2.24, 2.45) is 0 Å². The molecule has 0 fully saturated rings. The van der Waals surface area contributed by atoms with Crippen LogP contribution in [0.15, 0.2) is 18.2 Å². The lowest BCUT2D eigenvalue weighted by molar-refractivity contribution is 0.0705. The first kappa shape index (κ1) is 16.7. The number of hydrogen-bond acceptors (Lipinski definition) is 3. The Kier molecular flexibility index (Phi) is 6.39. The Morgan fingerprint density at radius 2 is 2.19 bits per heavy atom. The molecule has 1 rings (SSSR count). The highest BCUT2D eigenvalue weighted by Crippen LogP contribution is 2.15. The second-order valence-corrected chi connectivity index (χ2v) is 4.65. The fourth-order valence-electron chi connectivity index (χ4n) is 1.83. The van der Waals surface area contributed by atoms with Crippen molar-refractivity contribution in [1.29, 1.82) is 5.26 Å². The molecular weight excluding hydrogens is 271 g/mol. The topological polar surface area (TPSA) is 64.3 Å². The summed E-state index contributed by atoms with van der Waals surface area (Å²) in [7, 11) is 0. The summed E-state index contributed by atoms with van der Waals surface area (Å²) < 4.78 is 14.0. The largest absolute Gasteiger partial charge is 0.384 e. The van der Waals surface area contributed by atoms with E-state index in [1.54, 1.807) is 0 Å². The molecule has 0 radical (unpaired) electrons. The Hall–Kier alpha value is -2.37. The van der Waals surface area contributed by atoms with Gasteiger partial charge in [0, 0.05) is 18.2 Å². The molecule has 5 heteroatoms. The molecule has 1 aromatic carbocycles. The van der Waals surface area contributed by atoms with E-state index in [4.69, 9.17) is 10.4 Å². The first-order valence-corrected chi connectivity index (χ1v) is 6.58. The number of nitriles is 1. The number of halogens is 1. The van der Waals surface area contributed by atoms with Crippen LogP contribution in [0.3, 0.4) is 0 Å². The van der Waals surface area contributed by atoms with Crippen molar-refractivity contribution in [3.8, 4) is 17.9 Å². The maximum Gasteiger partial charge on any atom is 0.257 e. The van der Waals surface area contributed by atoms with E-state index in [1.807, 2.05) is 19.9 Å². The van der Waals surface area contributed by atoms with E-state index in [9.17, 15) is 9.18 Å². The summed E-state index contributed by atoms with van der Waals surface area (Å²) in [6.45, 7) is 3.58. The van der Waals surface area contributed by atoms with Crippen LogP contribution in [0.2, 0.25) is 0 Å². The van der Waals surface area contributed by atoms with Crippen molar-refractivity contribution in [1.82, 2.24) is 4.90 Å². The Morgan fingerprint density at radius 3 is 2.71 bits per heavy atom. The van der Waals surface area contributed by atoms with E-state index in [-0.39, 0.29) is 31.2 Å². The van der Waals surface area contributed by atoms with Gasteiger partial charge in [0.05, 0.1) is 18.1 Å². The van der Waals surface area contributed by atoms with Gasteiger partial charge in [-0.2, -0.15) is 5.26 Å². The fraction of sp³-hybridized carbons (Fsp3) is 0.375. The number of rotatable bonds is 4. The third-order valence-corrected chi connectivity index (χ3v) is 2.86. The zero-order valence-corrected chi connectivity index (χ0v) is 12.1. The molecule has 0 aliphatic rings. The van der Waals surface area contributed by atoms with Gasteiger partial charge < -0.3 is 10.0 Å². The van der Waals surface area contributed by atoms with Crippen LogP contribution in [0.25, 0.3) is 0 Å². The summed E-state index contributed by atoms with van der Waals surface area (Å²) in [6, 6.07) is 5.92. The third-order valence-electron chi connectivity index (χ3n) is 2.86. The van der Waals surface area contributed by atoms with E-state index in [0.29, 0.717) is 5.56 Å². The number of aliphatic hydroxyl groups excluding tert-OH is 1. The average Bonchev–Trinajstić information content (AvgIpc) is 2.45. The Balaban J connectivity index is 3.03. The van der Waals surface area contributed by atoms with Crippen LogP contribution in [-0.2, 0) is 0 Å². The highest BCUT2D eigenvalue weighted by Gasteiger charge is 2.21. The van der Waals surface area contributed by atoms with Gasteiger partial charge in [0.2, 0.25) is 0 Å². The molecule has 0 bridgehead atoms. The van der Waals surface area contributed by atoms with Gasteiger partial charge in [0.25, 0.3) is 5.91 Å². The van der Waals surface area contributed by atoms with E-state index >= 15 is 0 Å². The molecule has 0 aromatic heterocycles. The number of aliphatic hydroxyl groups is 1. The molecule has 0 unspecified atom stereocenters. The second-order valence-electron chi connectivity index (χ2n) is 4.65. The van der Waals surface area contributed by atoms with Crippen LogP contribution >= 0.6 is 0 Å². The molecule has 110 valence electrons. The van der Waals surface area contributed by atoms with Crippen molar-refractivity contribution in [2.75, 3.05) is 13.2 Å². The molecule has 1 amide bonds. The zero-order valence-electron chi connectivity index (χ0n) is 12.1. The summed E-state index contributed by atoms with van der Waals surface area (Å²) in [4.78, 5) is 13.8. The molecule has 0 heterocycles. The molecule has 0 atom stereocenters. The lowest BCUT2D eigenvalue weighted by Gasteiger charge is -2.26. The van der Waals surface area contributed by atoms with Crippen molar-refractivity contribution < 1.29 is 14.3 Å². The van der Waals surface area contributed by atoms with Gasteiger partial charge >= 0.3 is 0 Å². The highest BCUT2D eigenvalue weighted by molar-refractivity contribution is 5.94. The quantitative estimate of drug-likeness (QED) is 0.861. The van der Waals surface area contributed by atoms with Crippen LogP contribution < -0.4 is 0 Å². The summed E-state index contributed by atoms with van der Waals surface area (Å²) in [6.07, 6.45) is 0.200. The van der Waals surface area contributed by atoms with Gasteiger partial charge in [-0.05, 0) is 32.0 Å². The zero-order chi connectivity index (χ0) is 15.8. The van der Waals surface area contributed by atoms with Crippen molar-refractivity contribution in [3.63, 3.8) is 0 Å². The minimum absolute atomic E-state index is 0.0452. The Labute approximate surface area is 123 Å². The molecule has 0 aliphatic heterocycles. The predicted molar refractivity (Wildman–Crippen MR) is 76.8 cm³/mol. The maximum atomic E-state index is 14.0. The monoisotopic (exact) mass is 288 g/mol. The molecule has 0 saturated heterocycles. The maximum absolute atomic E-state index is 14.0. The van der Waals surface area contributed by atoms with E-state index in [0.717, 1.165) is 0 Å². The van der Waals surface area contributed by atoms with Gasteiger partial charge in [-0.3, -0.25) is 4.79 Å². The van der Waals surface area contributed by atoms with Crippen LogP contribution in [-0.4, -0.2) is 35.1 Å². The molecule has 0 spiro atoms. The van der Waals surface area contributed by atoms with Crippen molar-refractivity contribution >= 4 is 5.91 Å². The van der Waals surface area contributed by atoms with Gasteiger partial charge in [-0.1, -0.05) is 11.8 Å². The molecule has 1 aromatic rings. The van der Waals surface area contributed by atoms with E-state index in [2.05, 4.69) is 11.8 Å². The first-order chi connectivity index (χ1) is 10.0. The number of carbonyl (C=O) groups excluding carboxylic acids is 1. The number of nitrogens with zero attached hydrogens (tertiary/aromatic N) is 2. The van der Waals surface area contributed by atoms with Crippen molar-refractivity contribution in [3.05, 3.63) is 35.1 Å².